The minimum Gasteiger partial charge on any atom is -0.469 e. The highest BCUT2D eigenvalue weighted by molar-refractivity contribution is 7.87. The highest BCUT2D eigenvalue weighted by atomic mass is 32.2. The Balaban J connectivity index is 1.61. The van der Waals surface area contributed by atoms with Crippen LogP contribution in [0, 0.1) is 0 Å². The van der Waals surface area contributed by atoms with Crippen molar-refractivity contribution in [3.63, 3.8) is 0 Å². The van der Waals surface area contributed by atoms with Gasteiger partial charge in [-0.3, -0.25) is 4.79 Å². The molecule has 3 aromatic rings. The molecule has 0 radical (unpaired) electrons. The smallest absolute Gasteiger partial charge is 0.407 e. The molecule has 0 heterocycles. The van der Waals surface area contributed by atoms with Gasteiger partial charge in [0.05, 0.1) is 13.5 Å². The third kappa shape index (κ3) is 7.63. The van der Waals surface area contributed by atoms with Gasteiger partial charge >= 0.3 is 22.2 Å². The molecule has 0 saturated carbocycles. The van der Waals surface area contributed by atoms with E-state index in [4.69, 9.17) is 13.7 Å². The van der Waals surface area contributed by atoms with E-state index in [2.05, 4.69) is 5.32 Å². The predicted molar refractivity (Wildman–Crippen MR) is 125 cm³/mol. The number of methoxy groups -OCH3 is 1. The van der Waals surface area contributed by atoms with Crippen LogP contribution in [0.15, 0.2) is 89.8 Å². The maximum absolute atomic E-state index is 12.4. The second-order valence-electron chi connectivity index (χ2n) is 7.38. The summed E-state index contributed by atoms with van der Waals surface area (Å²) < 4.78 is 39.9. The molecule has 1 atom stereocenters. The van der Waals surface area contributed by atoms with Gasteiger partial charge in [0.25, 0.3) is 0 Å². The third-order valence-electron chi connectivity index (χ3n) is 4.82. The van der Waals surface area contributed by atoms with E-state index in [9.17, 15) is 18.0 Å². The number of carbonyl (C=O) groups is 2. The lowest BCUT2D eigenvalue weighted by atomic mass is 10.0. The van der Waals surface area contributed by atoms with Gasteiger partial charge in [-0.1, -0.05) is 60.7 Å². The summed E-state index contributed by atoms with van der Waals surface area (Å²) in [6.45, 7) is 0.0968. The number of hydrogen-bond donors (Lipinski definition) is 1. The lowest BCUT2D eigenvalue weighted by Gasteiger charge is -2.18. The second-order valence-corrected chi connectivity index (χ2v) is 8.93. The van der Waals surface area contributed by atoms with Gasteiger partial charge in [0, 0.05) is 6.04 Å². The molecule has 3 rings (SSSR count). The molecule has 1 unspecified atom stereocenters. The van der Waals surface area contributed by atoms with E-state index in [1.54, 1.807) is 30.3 Å². The molecule has 0 bridgehead atoms. The number of hydrogen-bond acceptors (Lipinski definition) is 7. The fourth-order valence-corrected chi connectivity index (χ4v) is 4.07. The number of esters is 1. The Hall–Kier alpha value is -3.85. The van der Waals surface area contributed by atoms with E-state index in [0.717, 1.165) is 11.1 Å². The zero-order valence-corrected chi connectivity index (χ0v) is 19.4. The van der Waals surface area contributed by atoms with Crippen molar-refractivity contribution < 1.29 is 31.7 Å². The van der Waals surface area contributed by atoms with Gasteiger partial charge in [0.15, 0.2) is 0 Å². The molecule has 178 valence electrons. The Labute approximate surface area is 198 Å². The van der Waals surface area contributed by atoms with E-state index >= 15 is 0 Å². The van der Waals surface area contributed by atoms with E-state index in [1.165, 1.54) is 31.4 Å². The molecular weight excluding hydrogens is 458 g/mol. The SMILES string of the molecule is COC(=O)CC(Cc1ccc(OS(=O)(=O)c2ccccc2)cc1)NC(=O)OCc1ccccc1. The molecule has 0 spiro atoms. The quantitative estimate of drug-likeness (QED) is 0.345. The average molecular weight is 484 g/mol. The van der Waals surface area contributed by atoms with Crippen molar-refractivity contribution in [3.05, 3.63) is 96.1 Å². The highest BCUT2D eigenvalue weighted by Crippen LogP contribution is 2.20. The molecule has 9 heteroatoms. The van der Waals surface area contributed by atoms with Gasteiger partial charge in [-0.25, -0.2) is 4.79 Å². The number of nitrogens with one attached hydrogen (secondary N) is 1. The number of rotatable bonds is 10. The molecular formula is C25H25NO7S. The zero-order valence-electron chi connectivity index (χ0n) is 18.5. The van der Waals surface area contributed by atoms with E-state index < -0.39 is 28.2 Å². The number of alkyl carbamates (subject to hydrolysis) is 1. The largest absolute Gasteiger partial charge is 0.469 e. The van der Waals surface area contributed by atoms with E-state index in [1.807, 2.05) is 30.3 Å². The van der Waals surface area contributed by atoms with Crippen molar-refractivity contribution in [2.24, 2.45) is 0 Å². The molecule has 34 heavy (non-hydrogen) atoms. The Bertz CT molecular complexity index is 1180. The van der Waals surface area contributed by atoms with Crippen LogP contribution in [0.25, 0.3) is 0 Å². The first-order valence-corrected chi connectivity index (χ1v) is 11.9. The molecule has 0 saturated heterocycles. The van der Waals surface area contributed by atoms with Gasteiger partial charge in [0.1, 0.15) is 17.3 Å². The summed E-state index contributed by atoms with van der Waals surface area (Å²) in [6, 6.07) is 22.8. The maximum atomic E-state index is 12.4. The minimum atomic E-state index is -3.95. The summed E-state index contributed by atoms with van der Waals surface area (Å²) in [6.07, 6.45) is -0.426. The first-order valence-electron chi connectivity index (χ1n) is 10.5. The van der Waals surface area contributed by atoms with Crippen LogP contribution >= 0.6 is 0 Å². The molecule has 1 N–H and O–H groups in total. The number of ether oxygens (including phenoxy) is 2. The molecule has 0 fully saturated rings. The van der Waals surface area contributed by atoms with E-state index in [-0.39, 0.29) is 23.7 Å². The summed E-state index contributed by atoms with van der Waals surface area (Å²) in [5.41, 5.74) is 1.59. The van der Waals surface area contributed by atoms with Crippen LogP contribution in [0.1, 0.15) is 17.5 Å². The Morgan fingerprint density at radius 2 is 1.47 bits per heavy atom. The Kier molecular flexibility index (Phi) is 8.64. The fraction of sp³-hybridized carbons (Fsp3) is 0.200. The van der Waals surface area contributed by atoms with Crippen LogP contribution in [-0.2, 0) is 37.4 Å². The van der Waals surface area contributed by atoms with Crippen molar-refractivity contribution >= 4 is 22.2 Å². The molecule has 0 aliphatic carbocycles. The second kappa shape index (κ2) is 11.9. The van der Waals surface area contributed by atoms with E-state index in [0.29, 0.717) is 6.42 Å². The van der Waals surface area contributed by atoms with Crippen molar-refractivity contribution in [1.29, 1.82) is 0 Å². The summed E-state index contributed by atoms with van der Waals surface area (Å²) in [4.78, 5) is 24.1. The lowest BCUT2D eigenvalue weighted by Crippen LogP contribution is -2.38. The van der Waals surface area contributed by atoms with Gasteiger partial charge in [-0.2, -0.15) is 8.42 Å². The summed E-state index contributed by atoms with van der Waals surface area (Å²) >= 11 is 0. The number of benzene rings is 3. The van der Waals surface area contributed by atoms with Crippen LogP contribution in [0.4, 0.5) is 4.79 Å². The van der Waals surface area contributed by atoms with Crippen LogP contribution in [0.5, 0.6) is 5.75 Å². The lowest BCUT2D eigenvalue weighted by molar-refractivity contribution is -0.141. The first kappa shape index (κ1) is 24.8. The summed E-state index contributed by atoms with van der Waals surface area (Å²) in [5.74, 6) is -0.338. The molecule has 0 aliphatic heterocycles. The average Bonchev–Trinajstić information content (AvgIpc) is 2.85. The van der Waals surface area contributed by atoms with Crippen LogP contribution < -0.4 is 9.50 Å². The molecule has 1 amide bonds. The maximum Gasteiger partial charge on any atom is 0.407 e. The zero-order chi connectivity index (χ0) is 24.4. The normalized spacial score (nSPS) is 11.8. The van der Waals surface area contributed by atoms with Gasteiger partial charge in [-0.15, -0.1) is 0 Å². The van der Waals surface area contributed by atoms with Crippen molar-refractivity contribution in [2.75, 3.05) is 7.11 Å². The monoisotopic (exact) mass is 483 g/mol. The highest BCUT2D eigenvalue weighted by Gasteiger charge is 2.19. The van der Waals surface area contributed by atoms with Crippen molar-refractivity contribution in [1.82, 2.24) is 5.32 Å². The molecule has 8 nitrogen and oxygen atoms in total. The summed E-state index contributed by atoms with van der Waals surface area (Å²) in [7, 11) is -2.68. The number of carbonyl (C=O) groups excluding carboxylic acids is 2. The molecule has 0 aromatic heterocycles. The molecule has 0 aliphatic rings. The van der Waals surface area contributed by atoms with Crippen LogP contribution in [-0.4, -0.2) is 33.6 Å². The van der Waals surface area contributed by atoms with Crippen LogP contribution in [0.2, 0.25) is 0 Å². The standard InChI is InChI=1S/C25H25NO7S/c1-31-24(27)17-21(26-25(28)32-18-20-8-4-2-5-9-20)16-19-12-14-22(15-13-19)33-34(29,30)23-10-6-3-7-11-23/h2-15,21H,16-18H2,1H3,(H,26,28). The Morgan fingerprint density at radius 1 is 0.853 bits per heavy atom. The first-order chi connectivity index (χ1) is 16.4. The van der Waals surface area contributed by atoms with Gasteiger partial charge < -0.3 is 19.0 Å². The summed E-state index contributed by atoms with van der Waals surface area (Å²) in [5, 5.41) is 2.69. The third-order valence-corrected chi connectivity index (χ3v) is 6.08. The molecule has 3 aromatic carbocycles. The van der Waals surface area contributed by atoms with Crippen molar-refractivity contribution in [3.8, 4) is 5.75 Å². The topological polar surface area (TPSA) is 108 Å². The van der Waals surface area contributed by atoms with Crippen LogP contribution in [0.3, 0.4) is 0 Å². The fourth-order valence-electron chi connectivity index (χ4n) is 3.12. The van der Waals surface area contributed by atoms with Gasteiger partial charge in [0.2, 0.25) is 0 Å². The minimum absolute atomic E-state index is 0.0513. The Morgan fingerprint density at radius 3 is 2.09 bits per heavy atom. The number of amides is 1. The predicted octanol–water partition coefficient (Wildman–Crippen LogP) is 3.85. The van der Waals surface area contributed by atoms with Gasteiger partial charge in [-0.05, 0) is 41.8 Å². The van der Waals surface area contributed by atoms with Crippen molar-refractivity contribution in [2.45, 2.75) is 30.4 Å².